The van der Waals surface area contributed by atoms with Crippen LogP contribution in [-0.4, -0.2) is 44.9 Å². The molecule has 0 bridgehead atoms. The maximum atomic E-state index is 13.3. The Morgan fingerprint density at radius 2 is 1.55 bits per heavy atom. The smallest absolute Gasteiger partial charge is 0.289 e. The van der Waals surface area contributed by atoms with E-state index >= 15 is 0 Å². The van der Waals surface area contributed by atoms with Gasteiger partial charge < -0.3 is 4.40 Å². The Bertz CT molecular complexity index is 1410. The summed E-state index contributed by atoms with van der Waals surface area (Å²) in [6.07, 6.45) is 3.50. The van der Waals surface area contributed by atoms with E-state index in [-0.39, 0.29) is 34.0 Å². The summed E-state index contributed by atoms with van der Waals surface area (Å²) in [6, 6.07) is 12.4. The Morgan fingerprint density at radius 3 is 2.15 bits per heavy atom. The Hall–Kier alpha value is -2.98. The Balaban J connectivity index is 2.29. The van der Waals surface area contributed by atoms with Crippen LogP contribution in [0.15, 0.2) is 63.6 Å². The Morgan fingerprint density at radius 1 is 0.939 bits per heavy atom. The topological polar surface area (TPSA) is 114 Å². The van der Waals surface area contributed by atoms with Crippen LogP contribution >= 0.6 is 0 Å². The molecule has 0 saturated heterocycles. The largest absolute Gasteiger partial charge is 0.310 e. The van der Waals surface area contributed by atoms with Crippen molar-refractivity contribution in [2.24, 2.45) is 5.10 Å². The summed E-state index contributed by atoms with van der Waals surface area (Å²) in [5.41, 5.74) is 3.57. The fourth-order valence-electron chi connectivity index (χ4n) is 3.70. The van der Waals surface area contributed by atoms with E-state index in [0.717, 1.165) is 5.56 Å². The van der Waals surface area contributed by atoms with Crippen molar-refractivity contribution in [3.8, 4) is 0 Å². The highest BCUT2D eigenvalue weighted by molar-refractivity contribution is 7.94. The van der Waals surface area contributed by atoms with E-state index in [9.17, 15) is 21.6 Å². The number of fused-ring (bicyclic) bond motifs is 1. The van der Waals surface area contributed by atoms with Gasteiger partial charge in [0.25, 0.3) is 5.91 Å². The number of hydrogen-bond donors (Lipinski definition) is 1. The summed E-state index contributed by atoms with van der Waals surface area (Å²) in [7, 11) is -8.07. The zero-order valence-corrected chi connectivity index (χ0v) is 20.4. The van der Waals surface area contributed by atoms with E-state index in [1.54, 1.807) is 45.0 Å². The van der Waals surface area contributed by atoms with E-state index in [4.69, 9.17) is 0 Å². The minimum atomic E-state index is -4.09. The van der Waals surface area contributed by atoms with Crippen molar-refractivity contribution in [1.82, 2.24) is 9.83 Å². The number of carbonyl (C=O) groups is 1. The van der Waals surface area contributed by atoms with E-state index < -0.39 is 30.5 Å². The number of hydrazone groups is 1. The zero-order valence-electron chi connectivity index (χ0n) is 18.8. The molecule has 0 fully saturated rings. The first-order valence-electron chi connectivity index (χ1n) is 10.6. The van der Waals surface area contributed by atoms with Crippen LogP contribution in [-0.2, 0) is 19.7 Å². The summed E-state index contributed by atoms with van der Waals surface area (Å²) in [5, 5.41) is 3.94. The van der Waals surface area contributed by atoms with Crippen LogP contribution in [0.25, 0.3) is 5.52 Å². The Kier molecular flexibility index (Phi) is 7.38. The van der Waals surface area contributed by atoms with Crippen LogP contribution in [0.1, 0.15) is 48.3 Å². The standard InChI is InChI=1S/C23H27N3O5S2/c1-4-14-32(28,29)21-19-17(3)10-9-13-26(19)20(22(21)33(30,31)15-5-2)23(27)25-24-16-18-11-7-6-8-12-18/h6-13,16H,4-5,14-15H2,1-3H3,(H,25,27). The molecule has 8 nitrogen and oxygen atoms in total. The molecule has 0 saturated carbocycles. The molecular weight excluding hydrogens is 462 g/mol. The molecule has 0 radical (unpaired) electrons. The summed E-state index contributed by atoms with van der Waals surface area (Å²) in [4.78, 5) is 12.5. The molecule has 0 aliphatic heterocycles. The van der Waals surface area contributed by atoms with Crippen molar-refractivity contribution in [2.75, 3.05) is 11.5 Å². The van der Waals surface area contributed by atoms with Gasteiger partial charge in [0.05, 0.1) is 23.2 Å². The highest BCUT2D eigenvalue weighted by Gasteiger charge is 2.37. The quantitative estimate of drug-likeness (QED) is 0.366. The van der Waals surface area contributed by atoms with Crippen molar-refractivity contribution >= 4 is 37.3 Å². The second-order valence-corrected chi connectivity index (χ2v) is 11.8. The zero-order chi connectivity index (χ0) is 24.2. The molecule has 0 spiro atoms. The predicted octanol–water partition coefficient (Wildman–Crippen LogP) is 3.38. The molecule has 1 amide bonds. The van der Waals surface area contributed by atoms with Gasteiger partial charge in [-0.1, -0.05) is 50.2 Å². The summed E-state index contributed by atoms with van der Waals surface area (Å²) >= 11 is 0. The normalized spacial score (nSPS) is 12.5. The van der Waals surface area contributed by atoms with Crippen LogP contribution in [0.4, 0.5) is 0 Å². The lowest BCUT2D eigenvalue weighted by Crippen LogP contribution is -2.23. The molecule has 176 valence electrons. The van der Waals surface area contributed by atoms with Gasteiger partial charge in [-0.2, -0.15) is 5.10 Å². The highest BCUT2D eigenvalue weighted by atomic mass is 32.2. The Labute approximate surface area is 194 Å². The number of hydrogen-bond acceptors (Lipinski definition) is 6. The number of rotatable bonds is 9. The maximum Gasteiger partial charge on any atom is 0.289 e. The molecule has 1 aromatic carbocycles. The van der Waals surface area contributed by atoms with E-state index in [1.165, 1.54) is 16.8 Å². The molecule has 0 unspecified atom stereocenters. The third kappa shape index (κ3) is 5.01. The predicted molar refractivity (Wildman–Crippen MR) is 128 cm³/mol. The monoisotopic (exact) mass is 489 g/mol. The van der Waals surface area contributed by atoms with Gasteiger partial charge in [0.15, 0.2) is 19.7 Å². The molecule has 2 aromatic heterocycles. The van der Waals surface area contributed by atoms with Crippen molar-refractivity contribution in [1.29, 1.82) is 0 Å². The lowest BCUT2D eigenvalue weighted by Gasteiger charge is -2.09. The molecule has 0 aliphatic rings. The second kappa shape index (κ2) is 9.88. The minimum Gasteiger partial charge on any atom is -0.310 e. The van der Waals surface area contributed by atoms with E-state index in [1.807, 2.05) is 18.2 Å². The number of sulfone groups is 2. The van der Waals surface area contributed by atoms with Crippen molar-refractivity contribution < 1.29 is 21.6 Å². The highest BCUT2D eigenvalue weighted by Crippen LogP contribution is 2.35. The molecular formula is C23H27N3O5S2. The third-order valence-electron chi connectivity index (χ3n) is 5.04. The second-order valence-electron chi connectivity index (χ2n) is 7.66. The summed E-state index contributed by atoms with van der Waals surface area (Å²) in [6.45, 7) is 5.07. The first kappa shape index (κ1) is 24.7. The lowest BCUT2D eigenvalue weighted by atomic mass is 10.2. The fraction of sp³-hybridized carbons (Fsp3) is 0.304. The molecule has 3 rings (SSSR count). The number of pyridine rings is 1. The summed E-state index contributed by atoms with van der Waals surface area (Å²) in [5.74, 6) is -1.33. The fourth-order valence-corrected chi connectivity index (χ4v) is 7.75. The van der Waals surface area contributed by atoms with Crippen molar-refractivity contribution in [3.05, 3.63) is 65.5 Å². The van der Waals surface area contributed by atoms with Gasteiger partial charge in [-0.15, -0.1) is 0 Å². The minimum absolute atomic E-state index is 0.192. The first-order chi connectivity index (χ1) is 15.6. The van der Waals surface area contributed by atoms with Crippen LogP contribution in [0.3, 0.4) is 0 Å². The number of benzene rings is 1. The van der Waals surface area contributed by atoms with Crippen molar-refractivity contribution in [2.45, 2.75) is 43.4 Å². The molecule has 3 aromatic rings. The average Bonchev–Trinajstić information content (AvgIpc) is 3.13. The molecule has 0 atom stereocenters. The molecule has 0 aliphatic carbocycles. The number of nitrogens with zero attached hydrogens (tertiary/aromatic N) is 2. The molecule has 33 heavy (non-hydrogen) atoms. The molecule has 1 N–H and O–H groups in total. The number of amides is 1. The van der Waals surface area contributed by atoms with Gasteiger partial charge in [0, 0.05) is 6.20 Å². The van der Waals surface area contributed by atoms with Crippen molar-refractivity contribution in [3.63, 3.8) is 0 Å². The van der Waals surface area contributed by atoms with Gasteiger partial charge >= 0.3 is 0 Å². The summed E-state index contributed by atoms with van der Waals surface area (Å²) < 4.78 is 54.5. The molecule has 10 heteroatoms. The van der Waals surface area contributed by atoms with Gasteiger partial charge in [0.1, 0.15) is 15.5 Å². The number of carbonyl (C=O) groups excluding carboxylic acids is 1. The number of nitrogens with one attached hydrogen (secondary N) is 1. The van der Waals surface area contributed by atoms with Gasteiger partial charge in [0.2, 0.25) is 0 Å². The average molecular weight is 490 g/mol. The van der Waals surface area contributed by atoms with Gasteiger partial charge in [-0.25, -0.2) is 22.3 Å². The van der Waals surface area contributed by atoms with E-state index in [2.05, 4.69) is 10.5 Å². The first-order valence-corrected chi connectivity index (χ1v) is 13.9. The third-order valence-corrected chi connectivity index (χ3v) is 9.09. The van der Waals surface area contributed by atoms with Crippen LogP contribution in [0.5, 0.6) is 0 Å². The van der Waals surface area contributed by atoms with Gasteiger partial charge in [-0.3, -0.25) is 4.79 Å². The molecule has 2 heterocycles. The van der Waals surface area contributed by atoms with Crippen LogP contribution in [0, 0.1) is 6.92 Å². The maximum absolute atomic E-state index is 13.3. The van der Waals surface area contributed by atoms with Crippen LogP contribution in [0.2, 0.25) is 0 Å². The SMILES string of the molecule is CCCS(=O)(=O)c1c(S(=O)(=O)CCC)c2c(C)cccn2c1C(=O)NN=Cc1ccccc1. The number of aromatic nitrogens is 1. The number of aryl methyl sites for hydroxylation is 1. The van der Waals surface area contributed by atoms with Crippen LogP contribution < -0.4 is 5.43 Å². The van der Waals surface area contributed by atoms with E-state index in [0.29, 0.717) is 12.0 Å². The lowest BCUT2D eigenvalue weighted by molar-refractivity contribution is 0.0945. The van der Waals surface area contributed by atoms with Gasteiger partial charge in [-0.05, 0) is 37.0 Å².